The van der Waals surface area contributed by atoms with Crippen molar-refractivity contribution < 1.29 is 14.3 Å². The highest BCUT2D eigenvalue weighted by Crippen LogP contribution is 2.33. The zero-order valence-corrected chi connectivity index (χ0v) is 13.7. The molecule has 124 valence electrons. The number of likely N-dealkylation sites (tertiary alicyclic amines) is 1. The van der Waals surface area contributed by atoms with Crippen molar-refractivity contribution in [3.05, 3.63) is 18.3 Å². The van der Waals surface area contributed by atoms with Gasteiger partial charge >= 0.3 is 0 Å². The number of hydrogen-bond acceptors (Lipinski definition) is 4. The Bertz CT molecular complexity index is 583. The molecule has 1 saturated carbocycles. The van der Waals surface area contributed by atoms with E-state index in [0.29, 0.717) is 12.4 Å². The Kier molecular flexibility index (Phi) is 4.50. The number of ether oxygens (including phenoxy) is 1. The van der Waals surface area contributed by atoms with Crippen LogP contribution in [0.3, 0.4) is 0 Å². The quantitative estimate of drug-likeness (QED) is 0.848. The third-order valence-electron chi connectivity index (χ3n) is 4.66. The van der Waals surface area contributed by atoms with E-state index in [4.69, 9.17) is 4.74 Å². The molecule has 0 spiro atoms. The van der Waals surface area contributed by atoms with Crippen molar-refractivity contribution in [2.45, 2.75) is 25.7 Å². The van der Waals surface area contributed by atoms with Gasteiger partial charge in [0.2, 0.25) is 17.7 Å². The van der Waals surface area contributed by atoms with E-state index in [1.54, 1.807) is 31.3 Å². The molecule has 0 radical (unpaired) electrons. The lowest BCUT2D eigenvalue weighted by molar-refractivity contribution is -0.136. The molecule has 1 aliphatic carbocycles. The minimum atomic E-state index is -0.126. The molecule has 0 N–H and O–H groups in total. The molecule has 0 aromatic carbocycles. The highest BCUT2D eigenvalue weighted by atomic mass is 16.5. The van der Waals surface area contributed by atoms with Gasteiger partial charge < -0.3 is 14.5 Å². The van der Waals surface area contributed by atoms with Crippen LogP contribution in [0.5, 0.6) is 5.88 Å². The van der Waals surface area contributed by atoms with Crippen LogP contribution in [-0.2, 0) is 9.59 Å². The average molecular weight is 317 g/mol. The maximum absolute atomic E-state index is 12.7. The highest BCUT2D eigenvalue weighted by molar-refractivity contribution is 5.95. The molecule has 2 fully saturated rings. The Balaban J connectivity index is 1.64. The fourth-order valence-electron chi connectivity index (χ4n) is 3.06. The largest absolute Gasteiger partial charge is 0.481 e. The molecule has 1 aliphatic heterocycles. The van der Waals surface area contributed by atoms with Crippen molar-refractivity contribution in [1.82, 2.24) is 9.88 Å². The van der Waals surface area contributed by atoms with Crippen molar-refractivity contribution >= 4 is 17.5 Å². The van der Waals surface area contributed by atoms with Gasteiger partial charge in [-0.05, 0) is 31.7 Å². The van der Waals surface area contributed by atoms with E-state index < -0.39 is 0 Å². The molecule has 3 rings (SSSR count). The number of aromatic nitrogens is 1. The van der Waals surface area contributed by atoms with Crippen LogP contribution in [0.15, 0.2) is 18.3 Å². The Morgan fingerprint density at radius 2 is 2.04 bits per heavy atom. The maximum atomic E-state index is 12.7. The van der Waals surface area contributed by atoms with E-state index in [-0.39, 0.29) is 23.7 Å². The van der Waals surface area contributed by atoms with E-state index >= 15 is 0 Å². The number of amides is 2. The predicted molar refractivity (Wildman–Crippen MR) is 86.2 cm³/mol. The molecule has 1 aromatic rings. The summed E-state index contributed by atoms with van der Waals surface area (Å²) in [6.07, 6.45) is 5.37. The lowest BCUT2D eigenvalue weighted by atomic mass is 9.96. The molecule has 2 aliphatic rings. The van der Waals surface area contributed by atoms with Gasteiger partial charge in [-0.15, -0.1) is 0 Å². The fourth-order valence-corrected chi connectivity index (χ4v) is 3.06. The van der Waals surface area contributed by atoms with E-state index in [1.165, 1.54) is 0 Å². The number of rotatable bonds is 4. The van der Waals surface area contributed by atoms with Crippen molar-refractivity contribution in [2.24, 2.45) is 11.8 Å². The molecule has 6 heteroatoms. The molecule has 6 nitrogen and oxygen atoms in total. The Morgan fingerprint density at radius 3 is 2.65 bits per heavy atom. The lowest BCUT2D eigenvalue weighted by Crippen LogP contribution is -2.46. The first-order valence-corrected chi connectivity index (χ1v) is 8.16. The summed E-state index contributed by atoms with van der Waals surface area (Å²) in [5.74, 6) is 0.890. The van der Waals surface area contributed by atoms with Crippen LogP contribution in [0.2, 0.25) is 0 Å². The van der Waals surface area contributed by atoms with Crippen molar-refractivity contribution in [1.29, 1.82) is 0 Å². The zero-order chi connectivity index (χ0) is 16.4. The van der Waals surface area contributed by atoms with Gasteiger partial charge in [-0.2, -0.15) is 0 Å². The molecule has 1 unspecified atom stereocenters. The van der Waals surface area contributed by atoms with Gasteiger partial charge in [-0.3, -0.25) is 9.59 Å². The molecule has 23 heavy (non-hydrogen) atoms. The first-order valence-electron chi connectivity index (χ1n) is 8.16. The zero-order valence-electron chi connectivity index (χ0n) is 13.7. The Hall–Kier alpha value is -2.11. The second-order valence-electron chi connectivity index (χ2n) is 6.35. The third-order valence-corrected chi connectivity index (χ3v) is 4.66. The summed E-state index contributed by atoms with van der Waals surface area (Å²) in [5, 5.41) is 0. The van der Waals surface area contributed by atoms with Gasteiger partial charge in [0.1, 0.15) is 0 Å². The van der Waals surface area contributed by atoms with Gasteiger partial charge in [0.25, 0.3) is 0 Å². The van der Waals surface area contributed by atoms with Crippen LogP contribution < -0.4 is 9.64 Å². The summed E-state index contributed by atoms with van der Waals surface area (Å²) < 4.78 is 5.04. The number of pyridine rings is 1. The smallest absolute Gasteiger partial charge is 0.231 e. The van der Waals surface area contributed by atoms with Crippen LogP contribution in [0.25, 0.3) is 0 Å². The van der Waals surface area contributed by atoms with Crippen molar-refractivity contribution in [3.63, 3.8) is 0 Å². The van der Waals surface area contributed by atoms with Gasteiger partial charge in [-0.25, -0.2) is 4.98 Å². The normalized spacial score (nSPS) is 21.0. The van der Waals surface area contributed by atoms with E-state index in [2.05, 4.69) is 4.98 Å². The van der Waals surface area contributed by atoms with Crippen LogP contribution in [0.1, 0.15) is 25.7 Å². The average Bonchev–Trinajstić information content (AvgIpc) is 3.45. The molecular weight excluding hydrogens is 294 g/mol. The molecule has 0 bridgehead atoms. The second-order valence-corrected chi connectivity index (χ2v) is 6.35. The second kappa shape index (κ2) is 6.56. The molecule has 2 heterocycles. The van der Waals surface area contributed by atoms with Gasteiger partial charge in [-0.1, -0.05) is 0 Å². The lowest BCUT2D eigenvalue weighted by Gasteiger charge is -2.34. The number of piperidine rings is 1. The summed E-state index contributed by atoms with van der Waals surface area (Å²) in [4.78, 5) is 32.6. The van der Waals surface area contributed by atoms with Gasteiger partial charge in [0, 0.05) is 32.1 Å². The molecule has 2 amide bonds. The topological polar surface area (TPSA) is 62.7 Å². The molecule has 1 atom stereocenters. The minimum absolute atomic E-state index is 0.0465. The van der Waals surface area contributed by atoms with Crippen LogP contribution in [-0.4, -0.2) is 48.9 Å². The Morgan fingerprint density at radius 1 is 1.26 bits per heavy atom. The number of anilines is 1. The number of methoxy groups -OCH3 is 1. The summed E-state index contributed by atoms with van der Waals surface area (Å²) in [6.45, 7) is 1.33. The minimum Gasteiger partial charge on any atom is -0.481 e. The van der Waals surface area contributed by atoms with Crippen LogP contribution in [0.4, 0.5) is 5.69 Å². The SMILES string of the molecule is COc1ccc(N(C)C(=O)C2CCCN(C(=O)C3CC3)C2)cn1. The molecule has 1 aromatic heterocycles. The van der Waals surface area contributed by atoms with Gasteiger partial charge in [0.05, 0.1) is 24.9 Å². The number of carbonyl (C=O) groups is 2. The fraction of sp³-hybridized carbons (Fsp3) is 0.588. The van der Waals surface area contributed by atoms with E-state index in [9.17, 15) is 9.59 Å². The third kappa shape index (κ3) is 3.46. The summed E-state index contributed by atoms with van der Waals surface area (Å²) in [5.41, 5.74) is 0.737. The number of hydrogen-bond donors (Lipinski definition) is 0. The van der Waals surface area contributed by atoms with Crippen molar-refractivity contribution in [3.8, 4) is 5.88 Å². The summed E-state index contributed by atoms with van der Waals surface area (Å²) in [6, 6.07) is 3.56. The number of carbonyl (C=O) groups excluding carboxylic acids is 2. The molecule has 1 saturated heterocycles. The first kappa shape index (κ1) is 15.8. The number of nitrogens with zero attached hydrogens (tertiary/aromatic N) is 3. The van der Waals surface area contributed by atoms with E-state index in [0.717, 1.165) is 37.9 Å². The monoisotopic (exact) mass is 317 g/mol. The van der Waals surface area contributed by atoms with Crippen LogP contribution in [0, 0.1) is 11.8 Å². The van der Waals surface area contributed by atoms with Crippen molar-refractivity contribution in [2.75, 3.05) is 32.1 Å². The van der Waals surface area contributed by atoms with Crippen LogP contribution >= 0.6 is 0 Å². The Labute approximate surface area is 136 Å². The highest BCUT2D eigenvalue weighted by Gasteiger charge is 2.37. The van der Waals surface area contributed by atoms with Gasteiger partial charge in [0.15, 0.2) is 0 Å². The first-order chi connectivity index (χ1) is 11.1. The standard InChI is InChI=1S/C17H23N3O3/c1-19(14-7-8-15(23-2)18-10-14)16(21)13-4-3-9-20(11-13)17(22)12-5-6-12/h7-8,10,12-13H,3-6,9,11H2,1-2H3. The predicted octanol–water partition coefficient (Wildman–Crippen LogP) is 1.70. The summed E-state index contributed by atoms with van der Waals surface area (Å²) >= 11 is 0. The molecular formula is C17H23N3O3. The maximum Gasteiger partial charge on any atom is 0.231 e. The van der Waals surface area contributed by atoms with E-state index in [1.807, 2.05) is 11.0 Å². The summed E-state index contributed by atoms with van der Waals surface area (Å²) in [7, 11) is 3.32.